The molecule has 5 rings (SSSR count). The lowest BCUT2D eigenvalue weighted by Crippen LogP contribution is -2.28. The van der Waals surface area contributed by atoms with Gasteiger partial charge in [-0.2, -0.15) is 4.99 Å². The first-order valence-electron chi connectivity index (χ1n) is 10.3. The largest absolute Gasteiger partial charge is 0.457 e. The van der Waals surface area contributed by atoms with Gasteiger partial charge >= 0.3 is 0 Å². The molecular weight excluding hydrogens is 518 g/mol. The number of amides is 1. The van der Waals surface area contributed by atoms with Crippen LogP contribution in [0.25, 0.3) is 28.7 Å². The van der Waals surface area contributed by atoms with E-state index in [4.69, 9.17) is 4.42 Å². The molecule has 33 heavy (non-hydrogen) atoms. The number of carbonyl (C=O) groups excluding carboxylic acids is 1. The molecule has 0 saturated carbocycles. The summed E-state index contributed by atoms with van der Waals surface area (Å²) in [6.07, 6.45) is 1.78. The molecule has 0 atom stereocenters. The van der Waals surface area contributed by atoms with Gasteiger partial charge < -0.3 is 4.42 Å². The van der Waals surface area contributed by atoms with Crippen molar-refractivity contribution in [1.29, 1.82) is 0 Å². The standard InChI is InChI=1S/C25H18BrN3O2S2/c1-2-29-23(30)22(14-19-12-13-21(31-19)17-8-10-18(26)11-9-17)33-25(29)28-24-27-20(15-32-24)16-6-4-3-5-7-16/h3-15H,2H2,1H3/b22-14+,28-25+. The van der Waals surface area contributed by atoms with Crippen LogP contribution in [0.2, 0.25) is 0 Å². The lowest BCUT2D eigenvalue weighted by molar-refractivity contribution is -0.122. The van der Waals surface area contributed by atoms with Crippen molar-refractivity contribution in [1.82, 2.24) is 9.88 Å². The second kappa shape index (κ2) is 9.51. The maximum atomic E-state index is 13.0. The quantitative estimate of drug-likeness (QED) is 0.249. The molecule has 0 bridgehead atoms. The molecule has 0 aliphatic carbocycles. The number of nitrogens with zero attached hydrogens (tertiary/aromatic N) is 3. The number of thiazole rings is 1. The van der Waals surface area contributed by atoms with Gasteiger partial charge in [0.25, 0.3) is 5.91 Å². The Kier molecular flexibility index (Phi) is 6.30. The van der Waals surface area contributed by atoms with Crippen LogP contribution in [0, 0.1) is 0 Å². The highest BCUT2D eigenvalue weighted by Crippen LogP contribution is 2.36. The number of hydrogen-bond acceptors (Lipinski definition) is 6. The molecule has 164 valence electrons. The highest BCUT2D eigenvalue weighted by molar-refractivity contribution is 9.10. The van der Waals surface area contributed by atoms with Gasteiger partial charge in [-0.3, -0.25) is 9.69 Å². The zero-order chi connectivity index (χ0) is 22.8. The number of aliphatic imine (C=N–C) groups is 1. The average Bonchev–Trinajstić information content (AvgIpc) is 3.56. The number of benzene rings is 2. The summed E-state index contributed by atoms with van der Waals surface area (Å²) in [5.74, 6) is 1.30. The van der Waals surface area contributed by atoms with Crippen molar-refractivity contribution in [3.05, 3.63) is 87.2 Å². The Morgan fingerprint density at radius 2 is 1.85 bits per heavy atom. The maximum Gasteiger partial charge on any atom is 0.266 e. The number of amidine groups is 1. The van der Waals surface area contributed by atoms with E-state index in [2.05, 4.69) is 25.9 Å². The van der Waals surface area contributed by atoms with Crippen molar-refractivity contribution in [3.63, 3.8) is 0 Å². The average molecular weight is 536 g/mol. The van der Waals surface area contributed by atoms with E-state index in [0.29, 0.717) is 27.5 Å². The van der Waals surface area contributed by atoms with Crippen molar-refractivity contribution < 1.29 is 9.21 Å². The fraction of sp³-hybridized carbons (Fsp3) is 0.0800. The van der Waals surface area contributed by atoms with Gasteiger partial charge in [0.2, 0.25) is 5.13 Å². The van der Waals surface area contributed by atoms with Gasteiger partial charge in [0, 0.05) is 33.6 Å². The number of hydrogen-bond donors (Lipinski definition) is 0. The molecule has 2 aromatic carbocycles. The Morgan fingerprint density at radius 1 is 1.06 bits per heavy atom. The number of likely N-dealkylation sites (N-methyl/N-ethyl adjacent to an activating group) is 1. The van der Waals surface area contributed by atoms with E-state index in [9.17, 15) is 4.79 Å². The fourth-order valence-electron chi connectivity index (χ4n) is 3.34. The third-order valence-electron chi connectivity index (χ3n) is 4.99. The number of furan rings is 1. The molecular formula is C25H18BrN3O2S2. The monoisotopic (exact) mass is 535 g/mol. The van der Waals surface area contributed by atoms with E-state index in [-0.39, 0.29) is 5.91 Å². The van der Waals surface area contributed by atoms with Crippen LogP contribution in [0.15, 0.2) is 90.9 Å². The summed E-state index contributed by atoms with van der Waals surface area (Å²) in [4.78, 5) is 24.5. The van der Waals surface area contributed by atoms with Crippen LogP contribution in [0.5, 0.6) is 0 Å². The minimum absolute atomic E-state index is 0.0809. The van der Waals surface area contributed by atoms with Crippen molar-refractivity contribution in [2.75, 3.05) is 6.54 Å². The van der Waals surface area contributed by atoms with Crippen molar-refractivity contribution in [2.24, 2.45) is 4.99 Å². The van der Waals surface area contributed by atoms with E-state index in [0.717, 1.165) is 27.1 Å². The van der Waals surface area contributed by atoms with Gasteiger partial charge in [0.15, 0.2) is 5.17 Å². The summed E-state index contributed by atoms with van der Waals surface area (Å²) in [6, 6.07) is 21.7. The Hall–Kier alpha value is -2.94. The number of rotatable bonds is 5. The molecule has 1 aliphatic heterocycles. The van der Waals surface area contributed by atoms with Crippen LogP contribution in [-0.2, 0) is 4.79 Å². The zero-order valence-electron chi connectivity index (χ0n) is 17.6. The normalized spacial score (nSPS) is 16.3. The summed E-state index contributed by atoms with van der Waals surface area (Å²) in [7, 11) is 0. The Bertz CT molecular complexity index is 1360. The molecule has 0 unspecified atom stereocenters. The predicted molar refractivity (Wildman–Crippen MR) is 139 cm³/mol. The molecule has 5 nitrogen and oxygen atoms in total. The van der Waals surface area contributed by atoms with Crippen LogP contribution in [-0.4, -0.2) is 27.5 Å². The third kappa shape index (κ3) is 4.73. The Labute approximate surface area is 208 Å². The van der Waals surface area contributed by atoms with Gasteiger partial charge in [-0.1, -0.05) is 58.4 Å². The number of aromatic nitrogens is 1. The Balaban J connectivity index is 1.39. The first kappa shape index (κ1) is 21.9. The minimum atomic E-state index is -0.0809. The van der Waals surface area contributed by atoms with Gasteiger partial charge in [0.05, 0.1) is 10.6 Å². The van der Waals surface area contributed by atoms with E-state index >= 15 is 0 Å². The molecule has 2 aromatic heterocycles. The molecule has 3 heterocycles. The number of thioether (sulfide) groups is 1. The first-order chi connectivity index (χ1) is 16.1. The Morgan fingerprint density at radius 3 is 2.61 bits per heavy atom. The molecule has 0 N–H and O–H groups in total. The highest BCUT2D eigenvalue weighted by atomic mass is 79.9. The van der Waals surface area contributed by atoms with E-state index in [1.165, 1.54) is 23.1 Å². The van der Waals surface area contributed by atoms with Gasteiger partial charge in [-0.05, 0) is 43.0 Å². The summed E-state index contributed by atoms with van der Waals surface area (Å²) in [5, 5.41) is 3.23. The lowest BCUT2D eigenvalue weighted by atomic mass is 10.2. The van der Waals surface area contributed by atoms with Gasteiger partial charge in [0.1, 0.15) is 11.5 Å². The third-order valence-corrected chi connectivity index (χ3v) is 7.26. The smallest absolute Gasteiger partial charge is 0.266 e. The summed E-state index contributed by atoms with van der Waals surface area (Å²) in [5.41, 5.74) is 2.90. The molecule has 4 aromatic rings. The molecule has 1 aliphatic rings. The minimum Gasteiger partial charge on any atom is -0.457 e. The maximum absolute atomic E-state index is 13.0. The topological polar surface area (TPSA) is 58.7 Å². The zero-order valence-corrected chi connectivity index (χ0v) is 20.8. The number of halogens is 1. The van der Waals surface area contributed by atoms with Gasteiger partial charge in [-0.25, -0.2) is 4.98 Å². The lowest BCUT2D eigenvalue weighted by Gasteiger charge is -2.11. The van der Waals surface area contributed by atoms with Crippen molar-refractivity contribution in [2.45, 2.75) is 6.92 Å². The van der Waals surface area contributed by atoms with E-state index in [1.807, 2.05) is 79.0 Å². The fourth-order valence-corrected chi connectivity index (χ4v) is 5.38. The SMILES string of the molecule is CCN1C(=O)/C(=C\c2ccc(-c3ccc(Br)cc3)o2)S/C1=N/c1nc(-c2ccccc2)cs1. The van der Waals surface area contributed by atoms with Crippen molar-refractivity contribution in [3.8, 4) is 22.6 Å². The summed E-state index contributed by atoms with van der Waals surface area (Å²) < 4.78 is 6.98. The second-order valence-corrected chi connectivity index (χ2v) is 9.91. The van der Waals surface area contributed by atoms with E-state index in [1.54, 1.807) is 11.0 Å². The molecule has 1 amide bonds. The predicted octanol–water partition coefficient (Wildman–Crippen LogP) is 7.46. The molecule has 1 saturated heterocycles. The van der Waals surface area contributed by atoms with Crippen LogP contribution in [0.3, 0.4) is 0 Å². The summed E-state index contributed by atoms with van der Waals surface area (Å²) >= 11 is 6.25. The number of carbonyl (C=O) groups is 1. The van der Waals surface area contributed by atoms with Crippen LogP contribution in [0.1, 0.15) is 12.7 Å². The first-order valence-corrected chi connectivity index (χ1v) is 12.8. The second-order valence-electron chi connectivity index (χ2n) is 7.14. The van der Waals surface area contributed by atoms with Crippen LogP contribution in [0.4, 0.5) is 5.13 Å². The van der Waals surface area contributed by atoms with Gasteiger partial charge in [-0.15, -0.1) is 11.3 Å². The van der Waals surface area contributed by atoms with Crippen LogP contribution < -0.4 is 0 Å². The molecule has 1 fully saturated rings. The molecule has 8 heteroatoms. The molecule has 0 spiro atoms. The van der Waals surface area contributed by atoms with Crippen molar-refractivity contribution >= 4 is 61.3 Å². The van der Waals surface area contributed by atoms with E-state index < -0.39 is 0 Å². The molecule has 0 radical (unpaired) electrons. The van der Waals surface area contributed by atoms with Crippen LogP contribution >= 0.6 is 39.0 Å². The summed E-state index contributed by atoms with van der Waals surface area (Å²) in [6.45, 7) is 2.47. The highest BCUT2D eigenvalue weighted by Gasteiger charge is 2.32.